The van der Waals surface area contributed by atoms with Gasteiger partial charge in [-0.2, -0.15) is 5.10 Å². The molecule has 2 N–H and O–H groups in total. The van der Waals surface area contributed by atoms with Crippen molar-refractivity contribution in [3.63, 3.8) is 0 Å². The summed E-state index contributed by atoms with van der Waals surface area (Å²) in [5.41, 5.74) is 1.02. The zero-order valence-corrected chi connectivity index (χ0v) is 15.3. The van der Waals surface area contributed by atoms with Gasteiger partial charge in [-0.15, -0.1) is 0 Å². The van der Waals surface area contributed by atoms with Gasteiger partial charge < -0.3 is 10.6 Å². The maximum atomic E-state index is 13.4. The summed E-state index contributed by atoms with van der Waals surface area (Å²) >= 11 is 5.89. The van der Waals surface area contributed by atoms with E-state index in [2.05, 4.69) is 15.7 Å². The van der Waals surface area contributed by atoms with Crippen LogP contribution in [0, 0.1) is 17.5 Å². The van der Waals surface area contributed by atoms with Crippen molar-refractivity contribution in [3.8, 4) is 11.1 Å². The molecule has 1 atom stereocenters. The lowest BCUT2D eigenvalue weighted by molar-refractivity contribution is -0.125. The number of halogens is 4. The third-order valence-electron chi connectivity index (χ3n) is 4.44. The highest BCUT2D eigenvalue weighted by Gasteiger charge is 2.33. The smallest absolute Gasteiger partial charge is 0.249 e. The van der Waals surface area contributed by atoms with Gasteiger partial charge in [0.25, 0.3) is 0 Å². The van der Waals surface area contributed by atoms with E-state index in [1.54, 1.807) is 24.3 Å². The number of fused-ring (bicyclic) bond motifs is 1. The van der Waals surface area contributed by atoms with Crippen LogP contribution in [0.4, 0.5) is 24.7 Å². The molecule has 1 aromatic heterocycles. The summed E-state index contributed by atoms with van der Waals surface area (Å²) in [6.07, 6.45) is 1.26. The lowest BCUT2D eigenvalue weighted by atomic mass is 10.1. The zero-order chi connectivity index (χ0) is 20.7. The van der Waals surface area contributed by atoms with Crippen molar-refractivity contribution in [2.24, 2.45) is 0 Å². The minimum Gasteiger partial charge on any atom is -0.324 e. The summed E-state index contributed by atoms with van der Waals surface area (Å²) in [7, 11) is 0. The summed E-state index contributed by atoms with van der Waals surface area (Å²) in [5.74, 6) is -5.36. The van der Waals surface area contributed by atoms with Crippen LogP contribution >= 0.6 is 11.6 Å². The van der Waals surface area contributed by atoms with Crippen molar-refractivity contribution >= 4 is 34.9 Å². The van der Waals surface area contributed by atoms with E-state index in [-0.39, 0.29) is 12.1 Å². The SMILES string of the molecule is O=C1C[C@H](C(=O)Nc2cc(F)c(F)c(F)c2)n2ncc(-c3ccc(Cl)cc3)c2N1. The highest BCUT2D eigenvalue weighted by atomic mass is 35.5. The average Bonchev–Trinajstić information content (AvgIpc) is 3.09. The van der Waals surface area contributed by atoms with Gasteiger partial charge in [0.05, 0.1) is 12.6 Å². The molecule has 0 unspecified atom stereocenters. The van der Waals surface area contributed by atoms with Crippen LogP contribution in [0.5, 0.6) is 0 Å². The van der Waals surface area contributed by atoms with Crippen LogP contribution < -0.4 is 10.6 Å². The predicted molar refractivity (Wildman–Crippen MR) is 99.9 cm³/mol. The summed E-state index contributed by atoms with van der Waals surface area (Å²) in [6, 6.07) is 7.07. The van der Waals surface area contributed by atoms with Crippen LogP contribution in [-0.4, -0.2) is 21.6 Å². The van der Waals surface area contributed by atoms with E-state index in [0.29, 0.717) is 28.5 Å². The number of nitrogens with one attached hydrogen (secondary N) is 2. The van der Waals surface area contributed by atoms with Crippen molar-refractivity contribution in [2.45, 2.75) is 12.5 Å². The second kappa shape index (κ2) is 7.25. The van der Waals surface area contributed by atoms with E-state index in [1.807, 2.05) is 0 Å². The van der Waals surface area contributed by atoms with E-state index in [1.165, 1.54) is 10.9 Å². The van der Waals surface area contributed by atoms with Gasteiger partial charge >= 0.3 is 0 Å². The first-order valence-electron chi connectivity index (χ1n) is 8.42. The molecular formula is C19H12ClF3N4O2. The molecule has 0 aliphatic carbocycles. The Morgan fingerprint density at radius 3 is 2.48 bits per heavy atom. The second-order valence-electron chi connectivity index (χ2n) is 6.37. The zero-order valence-electron chi connectivity index (χ0n) is 14.5. The predicted octanol–water partition coefficient (Wildman–Crippen LogP) is 4.14. The molecule has 6 nitrogen and oxygen atoms in total. The van der Waals surface area contributed by atoms with Crippen LogP contribution in [0.25, 0.3) is 11.1 Å². The van der Waals surface area contributed by atoms with E-state index < -0.39 is 35.3 Å². The van der Waals surface area contributed by atoms with Gasteiger partial charge in [-0.3, -0.25) is 9.59 Å². The van der Waals surface area contributed by atoms with Crippen LogP contribution in [0.1, 0.15) is 12.5 Å². The number of carbonyl (C=O) groups is 2. The monoisotopic (exact) mass is 420 g/mol. The van der Waals surface area contributed by atoms with Gasteiger partial charge in [0, 0.05) is 28.4 Å². The van der Waals surface area contributed by atoms with E-state index in [0.717, 1.165) is 5.56 Å². The third kappa shape index (κ3) is 3.56. The number of nitrogens with zero attached hydrogens (tertiary/aromatic N) is 2. The maximum absolute atomic E-state index is 13.4. The Morgan fingerprint density at radius 1 is 1.17 bits per heavy atom. The molecule has 148 valence electrons. The molecule has 0 bridgehead atoms. The Morgan fingerprint density at radius 2 is 1.83 bits per heavy atom. The minimum absolute atomic E-state index is 0.229. The molecule has 0 fully saturated rings. The number of amides is 2. The fourth-order valence-corrected chi connectivity index (χ4v) is 3.19. The van der Waals surface area contributed by atoms with Crippen molar-refractivity contribution in [2.75, 3.05) is 10.6 Å². The number of benzene rings is 2. The summed E-state index contributed by atoms with van der Waals surface area (Å²) in [6.45, 7) is 0. The Labute approximate surface area is 167 Å². The number of aromatic nitrogens is 2. The fraction of sp³-hybridized carbons (Fsp3) is 0.105. The highest BCUT2D eigenvalue weighted by molar-refractivity contribution is 6.30. The standard InChI is InChI=1S/C19H12ClF3N4O2/c20-10-3-1-9(2-4-10)12-8-24-27-15(7-16(28)26-18(12)27)19(29)25-11-5-13(21)17(23)14(22)6-11/h1-6,8,15H,7H2,(H,25,29)(H,26,28)/t15-/m1/s1. The van der Waals surface area contributed by atoms with Crippen LogP contribution in [0.3, 0.4) is 0 Å². The first-order chi connectivity index (χ1) is 13.8. The van der Waals surface area contributed by atoms with Gasteiger partial charge in [0.1, 0.15) is 11.9 Å². The molecule has 0 saturated heterocycles. The number of rotatable bonds is 3. The van der Waals surface area contributed by atoms with E-state index >= 15 is 0 Å². The normalized spacial score (nSPS) is 15.6. The van der Waals surface area contributed by atoms with Gasteiger partial charge in [0.15, 0.2) is 17.5 Å². The van der Waals surface area contributed by atoms with Gasteiger partial charge in [-0.05, 0) is 17.7 Å². The molecule has 2 amide bonds. The molecule has 10 heteroatoms. The van der Waals surface area contributed by atoms with Crippen molar-refractivity contribution in [1.82, 2.24) is 9.78 Å². The Hall–Kier alpha value is -3.33. The van der Waals surface area contributed by atoms with Gasteiger partial charge in [0.2, 0.25) is 11.8 Å². The topological polar surface area (TPSA) is 76.0 Å². The molecule has 1 aliphatic heterocycles. The molecule has 2 aromatic carbocycles. The summed E-state index contributed by atoms with van der Waals surface area (Å²) < 4.78 is 41.2. The Kier molecular flexibility index (Phi) is 4.75. The van der Waals surface area contributed by atoms with Crippen molar-refractivity contribution in [3.05, 3.63) is 65.1 Å². The molecule has 0 saturated carbocycles. The van der Waals surface area contributed by atoms with Crippen molar-refractivity contribution in [1.29, 1.82) is 0 Å². The Bertz CT molecular complexity index is 1110. The fourth-order valence-electron chi connectivity index (χ4n) is 3.07. The average molecular weight is 421 g/mol. The van der Waals surface area contributed by atoms with Crippen LogP contribution in [0.2, 0.25) is 5.02 Å². The van der Waals surface area contributed by atoms with Crippen molar-refractivity contribution < 1.29 is 22.8 Å². The minimum atomic E-state index is -1.64. The summed E-state index contributed by atoms with van der Waals surface area (Å²) in [4.78, 5) is 24.8. The largest absolute Gasteiger partial charge is 0.324 e. The van der Waals surface area contributed by atoms with Gasteiger partial charge in [-0.25, -0.2) is 17.9 Å². The molecule has 3 aromatic rings. The maximum Gasteiger partial charge on any atom is 0.249 e. The molecule has 4 rings (SSSR count). The van der Waals surface area contributed by atoms with E-state index in [4.69, 9.17) is 11.6 Å². The first kappa shape index (κ1) is 19.0. The van der Waals surface area contributed by atoms with Crippen LogP contribution in [0.15, 0.2) is 42.6 Å². The highest BCUT2D eigenvalue weighted by Crippen LogP contribution is 2.35. The number of anilines is 2. The van der Waals surface area contributed by atoms with Crippen LogP contribution in [-0.2, 0) is 9.59 Å². The Balaban J connectivity index is 1.66. The van der Waals surface area contributed by atoms with Gasteiger partial charge in [-0.1, -0.05) is 23.7 Å². The molecule has 1 aliphatic rings. The molecular weight excluding hydrogens is 409 g/mol. The van der Waals surface area contributed by atoms with E-state index in [9.17, 15) is 22.8 Å². The molecule has 29 heavy (non-hydrogen) atoms. The third-order valence-corrected chi connectivity index (χ3v) is 4.69. The number of hydrogen-bond acceptors (Lipinski definition) is 3. The second-order valence-corrected chi connectivity index (χ2v) is 6.81. The lowest BCUT2D eigenvalue weighted by Crippen LogP contribution is -2.35. The lowest BCUT2D eigenvalue weighted by Gasteiger charge is -2.24. The number of carbonyl (C=O) groups excluding carboxylic acids is 2. The molecule has 2 heterocycles. The quantitative estimate of drug-likeness (QED) is 0.625. The first-order valence-corrected chi connectivity index (χ1v) is 8.80. The molecule has 0 spiro atoms. The number of hydrogen-bond donors (Lipinski definition) is 2. The summed E-state index contributed by atoms with van der Waals surface area (Å²) in [5, 5.41) is 9.69. The molecule has 0 radical (unpaired) electrons.